The van der Waals surface area contributed by atoms with Crippen LogP contribution in [0.5, 0.6) is 5.75 Å². The molecule has 1 atom stereocenters. The van der Waals surface area contributed by atoms with Crippen LogP contribution in [0.15, 0.2) is 12.1 Å². The maximum Gasteiger partial charge on any atom is 0.307 e. The van der Waals surface area contributed by atoms with Crippen LogP contribution in [-0.4, -0.2) is 18.2 Å². The van der Waals surface area contributed by atoms with E-state index in [-0.39, 0.29) is 12.0 Å². The standard InChI is InChI=1S/C11H14FNO3/c1-6-3-4-7(12)11(15)10(6)8(13)5-9(14)16-2/h3-4,8,15H,5,13H2,1-2H3/t8-/m0/s1. The van der Waals surface area contributed by atoms with Gasteiger partial charge in [-0.1, -0.05) is 6.07 Å². The van der Waals surface area contributed by atoms with Crippen molar-refractivity contribution in [1.29, 1.82) is 0 Å². The Morgan fingerprint density at radius 1 is 1.62 bits per heavy atom. The van der Waals surface area contributed by atoms with Crippen molar-refractivity contribution in [2.45, 2.75) is 19.4 Å². The molecule has 0 saturated carbocycles. The van der Waals surface area contributed by atoms with Gasteiger partial charge >= 0.3 is 5.97 Å². The molecule has 0 saturated heterocycles. The van der Waals surface area contributed by atoms with E-state index in [1.54, 1.807) is 6.92 Å². The molecule has 1 aromatic carbocycles. The van der Waals surface area contributed by atoms with Crippen molar-refractivity contribution >= 4 is 5.97 Å². The second kappa shape index (κ2) is 4.94. The number of methoxy groups -OCH3 is 1. The van der Waals surface area contributed by atoms with E-state index in [2.05, 4.69) is 4.74 Å². The predicted molar refractivity (Wildman–Crippen MR) is 56.4 cm³/mol. The van der Waals surface area contributed by atoms with Gasteiger partial charge in [0.1, 0.15) is 0 Å². The van der Waals surface area contributed by atoms with Crippen LogP contribution in [0, 0.1) is 12.7 Å². The smallest absolute Gasteiger partial charge is 0.307 e. The number of benzene rings is 1. The number of carbonyl (C=O) groups is 1. The quantitative estimate of drug-likeness (QED) is 0.765. The summed E-state index contributed by atoms with van der Waals surface area (Å²) in [5, 5.41) is 9.53. The van der Waals surface area contributed by atoms with Crippen molar-refractivity contribution in [3.05, 3.63) is 29.1 Å². The van der Waals surface area contributed by atoms with E-state index in [1.807, 2.05) is 0 Å². The number of ether oxygens (including phenoxy) is 1. The van der Waals surface area contributed by atoms with Crippen molar-refractivity contribution in [3.8, 4) is 5.75 Å². The summed E-state index contributed by atoms with van der Waals surface area (Å²) in [6, 6.07) is 1.88. The zero-order chi connectivity index (χ0) is 12.3. The normalized spacial score (nSPS) is 12.2. The Labute approximate surface area is 92.8 Å². The number of esters is 1. The van der Waals surface area contributed by atoms with Crippen LogP contribution in [0.25, 0.3) is 0 Å². The lowest BCUT2D eigenvalue weighted by Gasteiger charge is -2.15. The van der Waals surface area contributed by atoms with Crippen LogP contribution in [0.2, 0.25) is 0 Å². The fourth-order valence-corrected chi connectivity index (χ4v) is 1.52. The first-order chi connectivity index (χ1) is 7.47. The van der Waals surface area contributed by atoms with Gasteiger partial charge in [-0.3, -0.25) is 4.79 Å². The molecule has 3 N–H and O–H groups in total. The van der Waals surface area contributed by atoms with Gasteiger partial charge in [0, 0.05) is 11.6 Å². The van der Waals surface area contributed by atoms with Gasteiger partial charge in [-0.25, -0.2) is 4.39 Å². The average molecular weight is 227 g/mol. The highest BCUT2D eigenvalue weighted by Crippen LogP contribution is 2.30. The maximum absolute atomic E-state index is 13.1. The molecule has 88 valence electrons. The molecule has 0 heterocycles. The van der Waals surface area contributed by atoms with Crippen LogP contribution >= 0.6 is 0 Å². The van der Waals surface area contributed by atoms with E-state index >= 15 is 0 Å². The SMILES string of the molecule is COC(=O)C[C@H](N)c1c(C)ccc(F)c1O. The summed E-state index contributed by atoms with van der Waals surface area (Å²) in [6.07, 6.45) is -0.103. The van der Waals surface area contributed by atoms with Gasteiger partial charge in [-0.05, 0) is 18.6 Å². The van der Waals surface area contributed by atoms with Gasteiger partial charge < -0.3 is 15.6 Å². The van der Waals surface area contributed by atoms with E-state index < -0.39 is 23.6 Å². The number of halogens is 1. The molecule has 4 nitrogen and oxygen atoms in total. The van der Waals surface area contributed by atoms with Crippen LogP contribution < -0.4 is 5.73 Å². The Morgan fingerprint density at radius 2 is 2.25 bits per heavy atom. The molecular weight excluding hydrogens is 213 g/mol. The second-order valence-electron chi connectivity index (χ2n) is 3.51. The highest BCUT2D eigenvalue weighted by Gasteiger charge is 2.19. The fraction of sp³-hybridized carbons (Fsp3) is 0.364. The zero-order valence-corrected chi connectivity index (χ0v) is 9.16. The molecule has 0 amide bonds. The third-order valence-corrected chi connectivity index (χ3v) is 2.37. The lowest BCUT2D eigenvalue weighted by Crippen LogP contribution is -2.17. The predicted octanol–water partition coefficient (Wildman–Crippen LogP) is 1.40. The third kappa shape index (κ3) is 2.49. The number of nitrogens with two attached hydrogens (primary N) is 1. The first-order valence-electron chi connectivity index (χ1n) is 4.77. The second-order valence-corrected chi connectivity index (χ2v) is 3.51. The Bertz CT molecular complexity index is 406. The molecule has 16 heavy (non-hydrogen) atoms. The molecule has 0 aliphatic rings. The Kier molecular flexibility index (Phi) is 3.84. The van der Waals surface area contributed by atoms with Gasteiger partial charge in [0.05, 0.1) is 13.5 Å². The number of phenols is 1. The molecule has 0 bridgehead atoms. The lowest BCUT2D eigenvalue weighted by atomic mass is 9.98. The monoisotopic (exact) mass is 227 g/mol. The Hall–Kier alpha value is -1.62. The summed E-state index contributed by atoms with van der Waals surface area (Å²) >= 11 is 0. The molecule has 0 fully saturated rings. The molecule has 5 heteroatoms. The van der Waals surface area contributed by atoms with E-state index in [0.29, 0.717) is 5.56 Å². The minimum absolute atomic E-state index is 0.103. The van der Waals surface area contributed by atoms with Crippen molar-refractivity contribution in [3.63, 3.8) is 0 Å². The topological polar surface area (TPSA) is 72.5 Å². The largest absolute Gasteiger partial charge is 0.505 e. The van der Waals surface area contributed by atoms with Gasteiger partial charge in [-0.15, -0.1) is 0 Å². The van der Waals surface area contributed by atoms with Gasteiger partial charge in [0.15, 0.2) is 11.6 Å². The number of aryl methyl sites for hydroxylation is 1. The number of carbonyl (C=O) groups excluding carboxylic acids is 1. The van der Waals surface area contributed by atoms with Crippen LogP contribution in [0.3, 0.4) is 0 Å². The molecule has 0 aliphatic heterocycles. The summed E-state index contributed by atoms with van der Waals surface area (Å²) in [4.78, 5) is 11.0. The minimum atomic E-state index is -0.775. The van der Waals surface area contributed by atoms with E-state index in [0.717, 1.165) is 6.07 Å². The van der Waals surface area contributed by atoms with Crippen molar-refractivity contribution < 1.29 is 19.0 Å². The first-order valence-corrected chi connectivity index (χ1v) is 4.77. The average Bonchev–Trinajstić information content (AvgIpc) is 2.24. The summed E-state index contributed by atoms with van der Waals surface area (Å²) in [5.74, 6) is -1.76. The highest BCUT2D eigenvalue weighted by atomic mass is 19.1. The van der Waals surface area contributed by atoms with Crippen LogP contribution in [0.4, 0.5) is 4.39 Å². The summed E-state index contributed by atoms with van der Waals surface area (Å²) < 4.78 is 17.6. The van der Waals surface area contributed by atoms with E-state index in [9.17, 15) is 14.3 Å². The Balaban J connectivity index is 3.03. The lowest BCUT2D eigenvalue weighted by molar-refractivity contribution is -0.141. The third-order valence-electron chi connectivity index (χ3n) is 2.37. The summed E-state index contributed by atoms with van der Waals surface area (Å²) in [5.41, 5.74) is 6.59. The number of hydrogen-bond acceptors (Lipinski definition) is 4. The first kappa shape index (κ1) is 12.4. The molecular formula is C11H14FNO3. The minimum Gasteiger partial charge on any atom is -0.505 e. The van der Waals surface area contributed by atoms with Gasteiger partial charge in [0.2, 0.25) is 0 Å². The van der Waals surface area contributed by atoms with Gasteiger partial charge in [-0.2, -0.15) is 0 Å². The Morgan fingerprint density at radius 3 is 2.81 bits per heavy atom. The molecule has 0 unspecified atom stereocenters. The highest BCUT2D eigenvalue weighted by molar-refractivity contribution is 5.70. The molecule has 0 spiro atoms. The molecule has 1 rings (SSSR count). The fourth-order valence-electron chi connectivity index (χ4n) is 1.52. The molecule has 0 radical (unpaired) electrons. The van der Waals surface area contributed by atoms with Crippen molar-refractivity contribution in [2.75, 3.05) is 7.11 Å². The number of rotatable bonds is 3. The molecule has 0 aliphatic carbocycles. The maximum atomic E-state index is 13.1. The summed E-state index contributed by atoms with van der Waals surface area (Å²) in [6.45, 7) is 1.69. The number of phenolic OH excluding ortho intramolecular Hbond substituents is 1. The van der Waals surface area contributed by atoms with Crippen LogP contribution in [0.1, 0.15) is 23.6 Å². The zero-order valence-electron chi connectivity index (χ0n) is 9.16. The molecule has 0 aromatic heterocycles. The van der Waals surface area contributed by atoms with Crippen molar-refractivity contribution in [1.82, 2.24) is 0 Å². The van der Waals surface area contributed by atoms with Crippen LogP contribution in [-0.2, 0) is 9.53 Å². The molecule has 1 aromatic rings. The van der Waals surface area contributed by atoms with E-state index in [4.69, 9.17) is 5.73 Å². The van der Waals surface area contributed by atoms with Gasteiger partial charge in [0.25, 0.3) is 0 Å². The van der Waals surface area contributed by atoms with E-state index in [1.165, 1.54) is 13.2 Å². The number of hydrogen-bond donors (Lipinski definition) is 2. The van der Waals surface area contributed by atoms with Crippen molar-refractivity contribution in [2.24, 2.45) is 5.73 Å². The summed E-state index contributed by atoms with van der Waals surface area (Å²) in [7, 11) is 1.24. The number of aromatic hydroxyl groups is 1.